The smallest absolute Gasteiger partial charge is 0.330 e. The van der Waals surface area contributed by atoms with Crippen molar-refractivity contribution >= 4 is 23.5 Å². The molecule has 0 aromatic rings. The normalized spacial score (nSPS) is 8.68. The maximum atomic E-state index is 10.9. The van der Waals surface area contributed by atoms with Crippen LogP contribution in [0.2, 0.25) is 0 Å². The summed E-state index contributed by atoms with van der Waals surface area (Å²) in [6.45, 7) is 18.7. The lowest BCUT2D eigenvalue weighted by Crippen LogP contribution is -2.39. The van der Waals surface area contributed by atoms with Crippen LogP contribution >= 0.6 is 0 Å². The zero-order valence-corrected chi connectivity index (χ0v) is 16.8. The van der Waals surface area contributed by atoms with Gasteiger partial charge in [-0.05, 0) is 39.3 Å². The third-order valence-corrected chi connectivity index (χ3v) is 2.55. The summed E-state index contributed by atoms with van der Waals surface area (Å²) in [6, 6.07) is 0. The Kier molecular flexibility index (Phi) is 17.8. The SMILES string of the molecule is C=C(C)C(C)=O.C=CC(=O)OCC(C)(COC(=O)C=C)OC#N.C=CC(C)=O. The van der Waals surface area contributed by atoms with Crippen molar-refractivity contribution in [2.75, 3.05) is 13.2 Å². The molecule has 0 N–H and O–H groups in total. The lowest BCUT2D eigenvalue weighted by Gasteiger charge is -2.24. The number of esters is 2. The van der Waals surface area contributed by atoms with Gasteiger partial charge < -0.3 is 14.2 Å². The molecule has 0 aliphatic heterocycles. The third-order valence-electron chi connectivity index (χ3n) is 2.55. The van der Waals surface area contributed by atoms with Crippen molar-refractivity contribution in [2.24, 2.45) is 0 Å². The highest BCUT2D eigenvalue weighted by Crippen LogP contribution is 2.12. The van der Waals surface area contributed by atoms with Crippen molar-refractivity contribution in [1.29, 1.82) is 5.26 Å². The average molecular weight is 393 g/mol. The standard InChI is InChI=1S/C11H13NO5.C5H8O.C4H6O/c1-4-9(13)15-6-11(3,17-8-12)7-16-10(14)5-2;1-4(2)5(3)6;1-3-4(2)5/h4-5H,1-2,6-7H2,3H3;1H2,2-3H3;3H,1H2,2H3. The highest BCUT2D eigenvalue weighted by atomic mass is 16.6. The van der Waals surface area contributed by atoms with E-state index in [9.17, 15) is 19.2 Å². The van der Waals surface area contributed by atoms with Gasteiger partial charge in [0.2, 0.25) is 0 Å². The number of allylic oxidation sites excluding steroid dienone is 2. The molecule has 0 saturated carbocycles. The summed E-state index contributed by atoms with van der Waals surface area (Å²) in [4.78, 5) is 41.4. The van der Waals surface area contributed by atoms with Crippen molar-refractivity contribution in [2.45, 2.75) is 33.3 Å². The van der Waals surface area contributed by atoms with Crippen LogP contribution in [-0.4, -0.2) is 42.3 Å². The predicted molar refractivity (Wildman–Crippen MR) is 104 cm³/mol. The van der Waals surface area contributed by atoms with Crippen LogP contribution in [0.5, 0.6) is 0 Å². The van der Waals surface area contributed by atoms with E-state index >= 15 is 0 Å². The first-order valence-corrected chi connectivity index (χ1v) is 7.84. The molecule has 0 unspecified atom stereocenters. The zero-order valence-electron chi connectivity index (χ0n) is 16.8. The Balaban J connectivity index is -0.000000464. The van der Waals surface area contributed by atoms with Crippen LogP contribution in [0.3, 0.4) is 0 Å². The number of ether oxygens (including phenoxy) is 3. The Hall–Kier alpha value is -3.47. The van der Waals surface area contributed by atoms with Gasteiger partial charge in [-0.25, -0.2) is 9.59 Å². The lowest BCUT2D eigenvalue weighted by atomic mass is 10.1. The van der Waals surface area contributed by atoms with Crippen molar-refractivity contribution in [3.63, 3.8) is 0 Å². The molecule has 0 spiro atoms. The van der Waals surface area contributed by atoms with E-state index in [1.807, 2.05) is 0 Å². The molecule has 0 heterocycles. The Bertz CT molecular complexity index is 605. The molecular weight excluding hydrogens is 366 g/mol. The second kappa shape index (κ2) is 17.0. The van der Waals surface area contributed by atoms with Crippen molar-refractivity contribution in [3.05, 3.63) is 50.1 Å². The van der Waals surface area contributed by atoms with Gasteiger partial charge in [0.25, 0.3) is 6.26 Å². The first-order valence-electron chi connectivity index (χ1n) is 7.84. The largest absolute Gasteiger partial charge is 0.458 e. The number of hydrogen-bond acceptors (Lipinski definition) is 8. The second-order valence-electron chi connectivity index (χ2n) is 5.42. The molecule has 8 nitrogen and oxygen atoms in total. The van der Waals surface area contributed by atoms with Crippen LogP contribution in [0.15, 0.2) is 50.1 Å². The van der Waals surface area contributed by atoms with E-state index in [0.717, 1.165) is 12.2 Å². The van der Waals surface area contributed by atoms with Gasteiger partial charge >= 0.3 is 11.9 Å². The molecule has 0 rings (SSSR count). The fourth-order valence-electron chi connectivity index (χ4n) is 0.776. The van der Waals surface area contributed by atoms with Crippen molar-refractivity contribution in [1.82, 2.24) is 0 Å². The molecule has 0 amide bonds. The van der Waals surface area contributed by atoms with Crippen LogP contribution in [0.25, 0.3) is 0 Å². The summed E-state index contributed by atoms with van der Waals surface area (Å²) >= 11 is 0. The molecule has 0 saturated heterocycles. The molecule has 0 aromatic heterocycles. The summed E-state index contributed by atoms with van der Waals surface area (Å²) in [5, 5.41) is 8.45. The topological polar surface area (TPSA) is 120 Å². The van der Waals surface area contributed by atoms with Crippen LogP contribution in [0.4, 0.5) is 0 Å². The Labute approximate surface area is 165 Å². The number of carbonyl (C=O) groups is 4. The van der Waals surface area contributed by atoms with E-state index < -0.39 is 17.5 Å². The quantitative estimate of drug-likeness (QED) is 0.333. The van der Waals surface area contributed by atoms with Crippen LogP contribution in [-0.2, 0) is 33.4 Å². The number of carbonyl (C=O) groups excluding carboxylic acids is 4. The molecule has 0 bridgehead atoms. The van der Waals surface area contributed by atoms with Gasteiger partial charge in [-0.2, -0.15) is 5.26 Å². The fraction of sp³-hybridized carbons (Fsp3) is 0.350. The maximum Gasteiger partial charge on any atom is 0.330 e. The summed E-state index contributed by atoms with van der Waals surface area (Å²) in [6.07, 6.45) is 4.68. The van der Waals surface area contributed by atoms with E-state index in [0.29, 0.717) is 5.57 Å². The third kappa shape index (κ3) is 20.6. The molecule has 0 fully saturated rings. The maximum absolute atomic E-state index is 10.9. The van der Waals surface area contributed by atoms with E-state index in [2.05, 4.69) is 26.3 Å². The zero-order chi connectivity index (χ0) is 22.8. The molecule has 28 heavy (non-hydrogen) atoms. The molecule has 0 aliphatic carbocycles. The first-order chi connectivity index (χ1) is 12.9. The molecule has 8 heteroatoms. The molecule has 0 aliphatic rings. The molecular formula is C20H27NO7. The highest BCUT2D eigenvalue weighted by molar-refractivity contribution is 5.91. The van der Waals surface area contributed by atoms with Gasteiger partial charge in [-0.3, -0.25) is 9.59 Å². The van der Waals surface area contributed by atoms with Gasteiger partial charge in [0.05, 0.1) is 0 Å². The fourth-order valence-corrected chi connectivity index (χ4v) is 0.776. The lowest BCUT2D eigenvalue weighted by molar-refractivity contribution is -0.154. The molecule has 0 aromatic carbocycles. The van der Waals surface area contributed by atoms with E-state index in [1.54, 1.807) is 6.92 Å². The number of nitriles is 1. The average Bonchev–Trinajstić information content (AvgIpc) is 2.65. The van der Waals surface area contributed by atoms with Gasteiger partial charge in [0.1, 0.15) is 13.2 Å². The number of ketones is 2. The Morgan fingerprint density at radius 3 is 1.43 bits per heavy atom. The monoisotopic (exact) mass is 393 g/mol. The van der Waals surface area contributed by atoms with Crippen LogP contribution in [0, 0.1) is 11.5 Å². The van der Waals surface area contributed by atoms with Crippen molar-refractivity contribution < 1.29 is 33.4 Å². The van der Waals surface area contributed by atoms with E-state index in [1.165, 1.54) is 33.1 Å². The van der Waals surface area contributed by atoms with E-state index in [4.69, 9.17) is 19.5 Å². The van der Waals surface area contributed by atoms with Crippen molar-refractivity contribution in [3.8, 4) is 6.26 Å². The minimum absolute atomic E-state index is 0.0185. The van der Waals surface area contributed by atoms with Crippen LogP contribution in [0.1, 0.15) is 27.7 Å². The predicted octanol–water partition coefficient (Wildman–Crippen LogP) is 2.61. The highest BCUT2D eigenvalue weighted by Gasteiger charge is 2.30. The second-order valence-corrected chi connectivity index (χ2v) is 5.42. The summed E-state index contributed by atoms with van der Waals surface area (Å²) in [5.74, 6) is -1.24. The minimum Gasteiger partial charge on any atom is -0.458 e. The molecule has 0 atom stereocenters. The first kappa shape index (κ1) is 29.3. The minimum atomic E-state index is -1.23. The van der Waals surface area contributed by atoms with Gasteiger partial charge in [-0.1, -0.05) is 26.3 Å². The van der Waals surface area contributed by atoms with Gasteiger partial charge in [-0.15, -0.1) is 0 Å². The number of Topliss-reactive ketones (excluding diaryl/α,β-unsaturated/α-hetero) is 1. The van der Waals surface area contributed by atoms with E-state index in [-0.39, 0.29) is 24.8 Å². The summed E-state index contributed by atoms with van der Waals surface area (Å²) < 4.78 is 14.2. The molecule has 0 radical (unpaired) electrons. The van der Waals surface area contributed by atoms with Crippen LogP contribution < -0.4 is 0 Å². The number of hydrogen-bond donors (Lipinski definition) is 0. The summed E-state index contributed by atoms with van der Waals surface area (Å²) in [7, 11) is 0. The Morgan fingerprint density at radius 1 is 0.929 bits per heavy atom. The van der Waals surface area contributed by atoms with Gasteiger partial charge in [0.15, 0.2) is 17.2 Å². The number of nitrogens with zero attached hydrogens (tertiary/aromatic N) is 1. The molecule has 154 valence electrons. The Morgan fingerprint density at radius 2 is 1.25 bits per heavy atom. The number of rotatable bonds is 9. The van der Waals surface area contributed by atoms with Gasteiger partial charge in [0, 0.05) is 12.2 Å². The summed E-state index contributed by atoms with van der Waals surface area (Å²) in [5.41, 5.74) is -0.610.